The maximum Gasteiger partial charge on any atom is 0.303 e. The third-order valence-corrected chi connectivity index (χ3v) is 1.88. The lowest BCUT2D eigenvalue weighted by Gasteiger charge is -2.13. The number of carbonyl (C=O) groups excluding carboxylic acids is 2. The van der Waals surface area contributed by atoms with Crippen LogP contribution in [0.25, 0.3) is 0 Å². The highest BCUT2D eigenvalue weighted by Gasteiger charge is 2.23. The van der Waals surface area contributed by atoms with Crippen molar-refractivity contribution in [1.82, 2.24) is 0 Å². The lowest BCUT2D eigenvalue weighted by Crippen LogP contribution is -2.14. The zero-order valence-electron chi connectivity index (χ0n) is 8.17. The molecule has 1 aromatic rings. The van der Waals surface area contributed by atoms with E-state index < -0.39 is 29.0 Å². The highest BCUT2D eigenvalue weighted by molar-refractivity contribution is 6.64. The van der Waals surface area contributed by atoms with E-state index in [1.165, 1.54) is 0 Å². The number of hydrogen-bond acceptors (Lipinski definition) is 3. The largest absolute Gasteiger partial charge is 0.448 e. The van der Waals surface area contributed by atoms with Crippen molar-refractivity contribution < 1.29 is 23.1 Å². The SMILES string of the molecule is CC(=O)OC(C(=O)Cl)c1cc(F)cc(F)c1. The summed E-state index contributed by atoms with van der Waals surface area (Å²) in [6.07, 6.45) is -1.50. The van der Waals surface area contributed by atoms with Crippen LogP contribution in [0, 0.1) is 11.6 Å². The van der Waals surface area contributed by atoms with Crippen molar-refractivity contribution in [1.29, 1.82) is 0 Å². The predicted octanol–water partition coefficient (Wildman–Crippen LogP) is 2.33. The molecule has 0 fully saturated rings. The molecule has 0 saturated heterocycles. The third-order valence-electron chi connectivity index (χ3n) is 1.68. The Morgan fingerprint density at radius 1 is 1.25 bits per heavy atom. The first-order valence-electron chi connectivity index (χ1n) is 4.22. The molecule has 0 aliphatic carbocycles. The van der Waals surface area contributed by atoms with Crippen LogP contribution >= 0.6 is 11.6 Å². The molecule has 0 radical (unpaired) electrons. The standard InChI is InChI=1S/C10H7ClF2O3/c1-5(14)16-9(10(11)15)6-2-7(12)4-8(13)3-6/h2-4,9H,1H3. The Bertz CT molecular complexity index is 414. The van der Waals surface area contributed by atoms with Gasteiger partial charge in [-0.15, -0.1) is 0 Å². The van der Waals surface area contributed by atoms with E-state index in [0.717, 1.165) is 19.1 Å². The summed E-state index contributed by atoms with van der Waals surface area (Å²) in [6.45, 7) is 1.06. The van der Waals surface area contributed by atoms with E-state index in [2.05, 4.69) is 4.74 Å². The summed E-state index contributed by atoms with van der Waals surface area (Å²) < 4.78 is 30.3. The molecule has 1 aromatic carbocycles. The first-order chi connectivity index (χ1) is 7.40. The summed E-state index contributed by atoms with van der Waals surface area (Å²) >= 11 is 5.17. The van der Waals surface area contributed by atoms with Crippen LogP contribution in [0.15, 0.2) is 18.2 Å². The summed E-state index contributed by atoms with van der Waals surface area (Å²) in [6, 6.07) is 2.38. The molecule has 16 heavy (non-hydrogen) atoms. The lowest BCUT2D eigenvalue weighted by atomic mass is 10.1. The predicted molar refractivity (Wildman–Crippen MR) is 51.7 cm³/mol. The maximum absolute atomic E-state index is 12.9. The molecule has 0 heterocycles. The number of halogens is 3. The topological polar surface area (TPSA) is 43.4 Å². The van der Waals surface area contributed by atoms with Gasteiger partial charge in [0.1, 0.15) is 11.6 Å². The molecule has 1 unspecified atom stereocenters. The van der Waals surface area contributed by atoms with Gasteiger partial charge in [0.15, 0.2) is 0 Å². The van der Waals surface area contributed by atoms with Crippen LogP contribution in [0.2, 0.25) is 0 Å². The van der Waals surface area contributed by atoms with Crippen LogP contribution in [0.1, 0.15) is 18.6 Å². The number of hydrogen-bond donors (Lipinski definition) is 0. The Morgan fingerprint density at radius 3 is 2.12 bits per heavy atom. The van der Waals surface area contributed by atoms with E-state index in [-0.39, 0.29) is 5.56 Å². The van der Waals surface area contributed by atoms with Crippen LogP contribution < -0.4 is 0 Å². The minimum atomic E-state index is -1.50. The molecule has 0 aliphatic heterocycles. The minimum absolute atomic E-state index is 0.146. The van der Waals surface area contributed by atoms with Crippen LogP contribution in [0.4, 0.5) is 8.78 Å². The molecule has 0 aliphatic rings. The Kier molecular flexibility index (Phi) is 3.95. The van der Waals surface area contributed by atoms with Crippen molar-refractivity contribution in [2.75, 3.05) is 0 Å². The number of carbonyl (C=O) groups is 2. The fourth-order valence-electron chi connectivity index (χ4n) is 1.14. The summed E-state index contributed by atoms with van der Waals surface area (Å²) in [7, 11) is 0. The van der Waals surface area contributed by atoms with Gasteiger partial charge < -0.3 is 4.74 Å². The molecule has 1 atom stereocenters. The van der Waals surface area contributed by atoms with Gasteiger partial charge in [0.05, 0.1) is 0 Å². The zero-order chi connectivity index (χ0) is 12.3. The minimum Gasteiger partial charge on any atom is -0.448 e. The highest BCUT2D eigenvalue weighted by Crippen LogP contribution is 2.22. The third kappa shape index (κ3) is 3.27. The zero-order valence-corrected chi connectivity index (χ0v) is 8.92. The van der Waals surface area contributed by atoms with E-state index in [1.807, 2.05) is 0 Å². The van der Waals surface area contributed by atoms with Crippen molar-refractivity contribution in [2.24, 2.45) is 0 Å². The van der Waals surface area contributed by atoms with Crippen molar-refractivity contribution >= 4 is 22.8 Å². The van der Waals surface area contributed by atoms with Gasteiger partial charge in [-0.2, -0.15) is 0 Å². The molecule has 1 rings (SSSR count). The normalized spacial score (nSPS) is 12.0. The lowest BCUT2D eigenvalue weighted by molar-refractivity contribution is -0.151. The number of ether oxygens (including phenoxy) is 1. The van der Waals surface area contributed by atoms with Crippen LogP contribution in [0.3, 0.4) is 0 Å². The van der Waals surface area contributed by atoms with Gasteiger partial charge in [-0.1, -0.05) is 0 Å². The smallest absolute Gasteiger partial charge is 0.303 e. The van der Waals surface area contributed by atoms with Crippen LogP contribution in [-0.4, -0.2) is 11.2 Å². The number of benzene rings is 1. The second-order valence-electron chi connectivity index (χ2n) is 3.00. The molecule has 0 bridgehead atoms. The van der Waals surface area contributed by atoms with Gasteiger partial charge in [0.25, 0.3) is 5.24 Å². The van der Waals surface area contributed by atoms with Crippen LogP contribution in [0.5, 0.6) is 0 Å². The molecular formula is C10H7ClF2O3. The Hall–Kier alpha value is -1.49. The second kappa shape index (κ2) is 5.03. The van der Waals surface area contributed by atoms with Crippen molar-refractivity contribution in [2.45, 2.75) is 13.0 Å². The van der Waals surface area contributed by atoms with Crippen molar-refractivity contribution in [3.8, 4) is 0 Å². The van der Waals surface area contributed by atoms with Gasteiger partial charge >= 0.3 is 5.97 Å². The number of rotatable bonds is 3. The molecule has 0 amide bonds. The molecule has 6 heteroatoms. The summed E-state index contributed by atoms with van der Waals surface area (Å²) in [5.41, 5.74) is -0.146. The average Bonchev–Trinajstić information content (AvgIpc) is 2.11. The van der Waals surface area contributed by atoms with E-state index >= 15 is 0 Å². The van der Waals surface area contributed by atoms with Gasteiger partial charge in [0, 0.05) is 18.6 Å². The Balaban J connectivity index is 3.10. The van der Waals surface area contributed by atoms with E-state index in [1.54, 1.807) is 0 Å². The summed E-state index contributed by atoms with van der Waals surface area (Å²) in [5, 5.41) is -1.03. The van der Waals surface area contributed by atoms with E-state index in [0.29, 0.717) is 6.07 Å². The van der Waals surface area contributed by atoms with Crippen molar-refractivity contribution in [3.63, 3.8) is 0 Å². The Labute approximate surface area is 95.0 Å². The second-order valence-corrected chi connectivity index (χ2v) is 3.37. The average molecular weight is 249 g/mol. The molecule has 3 nitrogen and oxygen atoms in total. The molecule has 86 valence electrons. The van der Waals surface area contributed by atoms with Gasteiger partial charge in [-0.25, -0.2) is 8.78 Å². The summed E-state index contributed by atoms with van der Waals surface area (Å²) in [5.74, 6) is -2.54. The molecule has 0 N–H and O–H groups in total. The van der Waals surface area contributed by atoms with Gasteiger partial charge in [-0.3, -0.25) is 9.59 Å². The fraction of sp³-hybridized carbons (Fsp3) is 0.200. The first-order valence-corrected chi connectivity index (χ1v) is 4.60. The monoisotopic (exact) mass is 248 g/mol. The molecule has 0 saturated carbocycles. The van der Waals surface area contributed by atoms with E-state index in [9.17, 15) is 18.4 Å². The quantitative estimate of drug-likeness (QED) is 0.609. The number of esters is 1. The fourth-order valence-corrected chi connectivity index (χ4v) is 1.31. The van der Waals surface area contributed by atoms with Crippen LogP contribution in [-0.2, 0) is 14.3 Å². The Morgan fingerprint density at radius 2 is 1.75 bits per heavy atom. The summed E-state index contributed by atoms with van der Waals surface area (Å²) in [4.78, 5) is 21.6. The van der Waals surface area contributed by atoms with Gasteiger partial charge in [0.2, 0.25) is 6.10 Å². The maximum atomic E-state index is 12.9. The van der Waals surface area contributed by atoms with Gasteiger partial charge in [-0.05, 0) is 23.7 Å². The molecule has 0 aromatic heterocycles. The molecule has 0 spiro atoms. The van der Waals surface area contributed by atoms with Crippen molar-refractivity contribution in [3.05, 3.63) is 35.4 Å². The highest BCUT2D eigenvalue weighted by atomic mass is 35.5. The first kappa shape index (κ1) is 12.6. The van der Waals surface area contributed by atoms with E-state index in [4.69, 9.17) is 11.6 Å². The molecular weight excluding hydrogens is 242 g/mol.